The minimum absolute atomic E-state index is 0.0367. The van der Waals surface area contributed by atoms with E-state index in [1.54, 1.807) is 12.1 Å². The van der Waals surface area contributed by atoms with Crippen LogP contribution in [0.5, 0.6) is 0 Å². The van der Waals surface area contributed by atoms with Crippen molar-refractivity contribution in [3.05, 3.63) is 33.9 Å². The third-order valence-electron chi connectivity index (χ3n) is 3.39. The molecule has 0 bridgehead atoms. The molecule has 1 aliphatic heterocycles. The highest BCUT2D eigenvalue weighted by molar-refractivity contribution is 5.64. The van der Waals surface area contributed by atoms with E-state index in [0.717, 1.165) is 26.1 Å². The number of hydrogen-bond donors (Lipinski definition) is 1. The second kappa shape index (κ2) is 5.67. The van der Waals surface area contributed by atoms with E-state index in [1.165, 1.54) is 6.07 Å². The molecule has 0 radical (unpaired) electrons. The number of nitro benzene ring substituents is 1. The van der Waals surface area contributed by atoms with Crippen LogP contribution in [0.4, 0.5) is 11.4 Å². The van der Waals surface area contributed by atoms with Crippen LogP contribution in [-0.4, -0.2) is 36.5 Å². The van der Waals surface area contributed by atoms with Crippen LogP contribution in [-0.2, 0) is 0 Å². The monoisotopic (exact) mass is 260 g/mol. The fourth-order valence-corrected chi connectivity index (χ4v) is 2.35. The fourth-order valence-electron chi connectivity index (χ4n) is 2.35. The molecule has 0 aromatic heterocycles. The maximum absolute atomic E-state index is 11.0. The lowest BCUT2D eigenvalue weighted by atomic mass is 10.1. The minimum atomic E-state index is -0.454. The molecule has 1 fully saturated rings. The minimum Gasteiger partial charge on any atom is -0.379 e. The van der Waals surface area contributed by atoms with Crippen molar-refractivity contribution < 1.29 is 4.92 Å². The Morgan fingerprint density at radius 2 is 2.42 bits per heavy atom. The summed E-state index contributed by atoms with van der Waals surface area (Å²) in [6, 6.07) is 6.42. The summed E-state index contributed by atoms with van der Waals surface area (Å²) in [5, 5.41) is 22.9. The molecular formula is C13H16N4O2. The van der Waals surface area contributed by atoms with Crippen molar-refractivity contribution in [2.24, 2.45) is 5.92 Å². The predicted octanol–water partition coefficient (Wildman–Crippen LogP) is 1.83. The molecule has 1 aromatic carbocycles. The van der Waals surface area contributed by atoms with Crippen molar-refractivity contribution in [2.75, 3.05) is 32.0 Å². The molecule has 1 saturated heterocycles. The molecule has 6 nitrogen and oxygen atoms in total. The van der Waals surface area contributed by atoms with Crippen LogP contribution in [0.2, 0.25) is 0 Å². The van der Waals surface area contributed by atoms with Gasteiger partial charge >= 0.3 is 0 Å². The van der Waals surface area contributed by atoms with Gasteiger partial charge in [0.25, 0.3) is 5.69 Å². The van der Waals surface area contributed by atoms with Gasteiger partial charge in [0.2, 0.25) is 0 Å². The first-order valence-electron chi connectivity index (χ1n) is 6.21. The van der Waals surface area contributed by atoms with E-state index in [2.05, 4.69) is 17.3 Å². The first-order chi connectivity index (χ1) is 9.10. The lowest BCUT2D eigenvalue weighted by Gasteiger charge is -2.12. The zero-order valence-corrected chi connectivity index (χ0v) is 10.8. The van der Waals surface area contributed by atoms with Crippen molar-refractivity contribution in [3.63, 3.8) is 0 Å². The van der Waals surface area contributed by atoms with E-state index in [0.29, 0.717) is 17.2 Å². The molecule has 1 aromatic rings. The van der Waals surface area contributed by atoms with Gasteiger partial charge in [0.15, 0.2) is 0 Å². The van der Waals surface area contributed by atoms with Gasteiger partial charge in [-0.05, 0) is 38.1 Å². The summed E-state index contributed by atoms with van der Waals surface area (Å²) in [6.45, 7) is 2.80. The molecule has 0 spiro atoms. The van der Waals surface area contributed by atoms with E-state index < -0.39 is 4.92 Å². The van der Waals surface area contributed by atoms with Gasteiger partial charge in [-0.25, -0.2) is 0 Å². The van der Waals surface area contributed by atoms with Crippen LogP contribution in [0.15, 0.2) is 18.2 Å². The summed E-state index contributed by atoms with van der Waals surface area (Å²) in [5.41, 5.74) is 0.752. The van der Waals surface area contributed by atoms with Crippen LogP contribution in [0.25, 0.3) is 0 Å². The molecule has 1 unspecified atom stereocenters. The molecule has 0 aliphatic carbocycles. The van der Waals surface area contributed by atoms with Gasteiger partial charge in [-0.2, -0.15) is 5.26 Å². The Balaban J connectivity index is 2.07. The molecule has 100 valence electrons. The van der Waals surface area contributed by atoms with Gasteiger partial charge in [-0.15, -0.1) is 0 Å². The Labute approximate surface area is 111 Å². The molecule has 1 aliphatic rings. The normalized spacial score (nSPS) is 19.1. The number of likely N-dealkylation sites (tertiary alicyclic amines) is 1. The van der Waals surface area contributed by atoms with E-state index in [9.17, 15) is 10.1 Å². The molecule has 2 rings (SSSR count). The standard InChI is InChI=1S/C13H16N4O2/c1-16-5-4-11(9-16)8-15-12-3-2-10(7-14)6-13(12)17(18)19/h2-3,6,11,15H,4-5,8-9H2,1H3. The van der Waals surface area contributed by atoms with Crippen molar-refractivity contribution in [2.45, 2.75) is 6.42 Å². The molecule has 1 N–H and O–H groups in total. The van der Waals surface area contributed by atoms with E-state index in [-0.39, 0.29) is 5.69 Å². The Kier molecular flexibility index (Phi) is 3.97. The van der Waals surface area contributed by atoms with Gasteiger partial charge in [0, 0.05) is 19.2 Å². The third-order valence-corrected chi connectivity index (χ3v) is 3.39. The van der Waals surface area contributed by atoms with E-state index in [4.69, 9.17) is 5.26 Å². The largest absolute Gasteiger partial charge is 0.379 e. The molecule has 0 amide bonds. The lowest BCUT2D eigenvalue weighted by molar-refractivity contribution is -0.384. The summed E-state index contributed by atoms with van der Waals surface area (Å²) < 4.78 is 0. The summed E-state index contributed by atoms with van der Waals surface area (Å²) >= 11 is 0. The predicted molar refractivity (Wildman–Crippen MR) is 71.9 cm³/mol. The van der Waals surface area contributed by atoms with E-state index >= 15 is 0 Å². The SMILES string of the molecule is CN1CCC(CNc2ccc(C#N)cc2[N+](=O)[O-])C1. The van der Waals surface area contributed by atoms with Crippen molar-refractivity contribution >= 4 is 11.4 Å². The first-order valence-corrected chi connectivity index (χ1v) is 6.21. The van der Waals surface area contributed by atoms with Gasteiger partial charge < -0.3 is 10.2 Å². The Bertz CT molecular complexity index is 524. The molecule has 19 heavy (non-hydrogen) atoms. The maximum atomic E-state index is 11.0. The van der Waals surface area contributed by atoms with Crippen LogP contribution >= 0.6 is 0 Å². The number of nitriles is 1. The number of anilines is 1. The third kappa shape index (κ3) is 3.20. The Hall–Kier alpha value is -2.13. The molecule has 6 heteroatoms. The van der Waals surface area contributed by atoms with Crippen molar-refractivity contribution in [1.82, 2.24) is 4.90 Å². The smallest absolute Gasteiger partial charge is 0.293 e. The second-order valence-corrected chi connectivity index (χ2v) is 4.90. The molecule has 1 atom stereocenters. The summed E-state index contributed by atoms with van der Waals surface area (Å²) in [6.07, 6.45) is 1.10. The van der Waals surface area contributed by atoms with Crippen LogP contribution in [0.3, 0.4) is 0 Å². The highest BCUT2D eigenvalue weighted by Crippen LogP contribution is 2.26. The molecule has 0 saturated carbocycles. The number of nitrogens with zero attached hydrogens (tertiary/aromatic N) is 3. The van der Waals surface area contributed by atoms with Gasteiger partial charge in [-0.3, -0.25) is 10.1 Å². The zero-order valence-electron chi connectivity index (χ0n) is 10.8. The fraction of sp³-hybridized carbons (Fsp3) is 0.462. The number of benzene rings is 1. The number of nitrogens with one attached hydrogen (secondary N) is 1. The number of rotatable bonds is 4. The zero-order chi connectivity index (χ0) is 13.8. The highest BCUT2D eigenvalue weighted by atomic mass is 16.6. The van der Waals surface area contributed by atoms with E-state index in [1.807, 2.05) is 6.07 Å². The average molecular weight is 260 g/mol. The summed E-state index contributed by atoms with van der Waals surface area (Å²) in [4.78, 5) is 12.8. The Morgan fingerprint density at radius 1 is 1.63 bits per heavy atom. The summed E-state index contributed by atoms with van der Waals surface area (Å²) in [7, 11) is 2.07. The van der Waals surface area contributed by atoms with Gasteiger partial charge in [0.05, 0.1) is 16.6 Å². The van der Waals surface area contributed by atoms with Crippen LogP contribution in [0.1, 0.15) is 12.0 Å². The van der Waals surface area contributed by atoms with Crippen molar-refractivity contribution in [1.29, 1.82) is 5.26 Å². The van der Waals surface area contributed by atoms with Crippen LogP contribution < -0.4 is 5.32 Å². The lowest BCUT2D eigenvalue weighted by Crippen LogP contribution is -2.19. The number of hydrogen-bond acceptors (Lipinski definition) is 5. The first kappa shape index (κ1) is 13.3. The maximum Gasteiger partial charge on any atom is 0.293 e. The van der Waals surface area contributed by atoms with Crippen LogP contribution in [0, 0.1) is 27.4 Å². The molecule has 1 heterocycles. The molecular weight excluding hydrogens is 244 g/mol. The summed E-state index contributed by atoms with van der Waals surface area (Å²) in [5.74, 6) is 0.514. The second-order valence-electron chi connectivity index (χ2n) is 4.90. The van der Waals surface area contributed by atoms with Crippen molar-refractivity contribution in [3.8, 4) is 6.07 Å². The Morgan fingerprint density at radius 3 is 3.00 bits per heavy atom. The number of nitro groups is 1. The quantitative estimate of drug-likeness (QED) is 0.659. The van der Waals surface area contributed by atoms with Gasteiger partial charge in [-0.1, -0.05) is 0 Å². The topological polar surface area (TPSA) is 82.2 Å². The highest BCUT2D eigenvalue weighted by Gasteiger charge is 2.21. The average Bonchev–Trinajstić information content (AvgIpc) is 2.82. The van der Waals surface area contributed by atoms with Gasteiger partial charge in [0.1, 0.15) is 5.69 Å².